The first-order chi connectivity index (χ1) is 9.67. The molecule has 2 aromatic heterocycles. The van der Waals surface area contributed by atoms with Gasteiger partial charge in [0.2, 0.25) is 0 Å². The van der Waals surface area contributed by atoms with Crippen molar-refractivity contribution in [3.63, 3.8) is 0 Å². The molecule has 0 amide bonds. The van der Waals surface area contributed by atoms with Crippen LogP contribution in [-0.4, -0.2) is 16.3 Å². The van der Waals surface area contributed by atoms with Gasteiger partial charge >= 0.3 is 0 Å². The molecule has 0 saturated carbocycles. The maximum absolute atomic E-state index is 4.58. The van der Waals surface area contributed by atoms with Crippen molar-refractivity contribution in [1.82, 2.24) is 15.1 Å². The average molecular weight is 291 g/mol. The maximum Gasteiger partial charge on any atom is 0.0597 e. The highest BCUT2D eigenvalue weighted by Gasteiger charge is 2.17. The van der Waals surface area contributed by atoms with Crippen LogP contribution in [0.25, 0.3) is 0 Å². The van der Waals surface area contributed by atoms with Gasteiger partial charge in [-0.1, -0.05) is 13.8 Å². The largest absolute Gasteiger partial charge is 0.309 e. The monoisotopic (exact) mass is 291 g/mol. The van der Waals surface area contributed by atoms with E-state index in [1.54, 1.807) is 0 Å². The summed E-state index contributed by atoms with van der Waals surface area (Å²) < 4.78 is 2.12. The third-order valence-corrected chi connectivity index (χ3v) is 4.76. The summed E-state index contributed by atoms with van der Waals surface area (Å²) in [6.07, 6.45) is 2.17. The molecule has 3 nitrogen and oxygen atoms in total. The van der Waals surface area contributed by atoms with Gasteiger partial charge in [-0.2, -0.15) is 5.10 Å². The van der Waals surface area contributed by atoms with Gasteiger partial charge in [0.1, 0.15) is 0 Å². The number of hydrogen-bond donors (Lipinski definition) is 1. The van der Waals surface area contributed by atoms with Crippen molar-refractivity contribution in [2.24, 2.45) is 0 Å². The van der Waals surface area contributed by atoms with Gasteiger partial charge in [0, 0.05) is 22.7 Å². The van der Waals surface area contributed by atoms with Crippen molar-refractivity contribution >= 4 is 11.3 Å². The zero-order chi connectivity index (χ0) is 14.5. The van der Waals surface area contributed by atoms with E-state index in [2.05, 4.69) is 61.0 Å². The van der Waals surface area contributed by atoms with Gasteiger partial charge in [0.25, 0.3) is 0 Å². The molecule has 0 spiro atoms. The standard InChI is InChI=1S/C16H25N3S/c1-5-13-8-9-14(20-13)11-15(17-6-2)16-10-12(4)18-19(16)7-3/h8-10,15,17H,5-7,11H2,1-4H3. The van der Waals surface area contributed by atoms with Crippen LogP contribution in [0.1, 0.15) is 48.0 Å². The Morgan fingerprint density at radius 3 is 2.60 bits per heavy atom. The highest BCUT2D eigenvalue weighted by molar-refractivity contribution is 7.11. The number of likely N-dealkylation sites (N-methyl/N-ethyl adjacent to an activating group) is 1. The lowest BCUT2D eigenvalue weighted by molar-refractivity contribution is 0.492. The first-order valence-electron chi connectivity index (χ1n) is 7.53. The Bertz CT molecular complexity index is 542. The van der Waals surface area contributed by atoms with Crippen LogP contribution in [-0.2, 0) is 19.4 Å². The molecule has 1 unspecified atom stereocenters. The van der Waals surface area contributed by atoms with Crippen LogP contribution in [0.5, 0.6) is 0 Å². The second kappa shape index (κ2) is 7.04. The molecule has 0 aliphatic heterocycles. The van der Waals surface area contributed by atoms with Gasteiger partial charge < -0.3 is 5.32 Å². The minimum atomic E-state index is 0.351. The molecule has 0 fully saturated rings. The molecule has 20 heavy (non-hydrogen) atoms. The summed E-state index contributed by atoms with van der Waals surface area (Å²) in [5.41, 5.74) is 2.41. The number of rotatable bonds is 7. The summed E-state index contributed by atoms with van der Waals surface area (Å²) in [5.74, 6) is 0. The molecule has 0 aliphatic carbocycles. The van der Waals surface area contributed by atoms with E-state index in [1.165, 1.54) is 15.4 Å². The van der Waals surface area contributed by atoms with Gasteiger partial charge in [-0.25, -0.2) is 0 Å². The van der Waals surface area contributed by atoms with E-state index < -0.39 is 0 Å². The summed E-state index contributed by atoms with van der Waals surface area (Å²) in [4.78, 5) is 2.92. The van der Waals surface area contributed by atoms with Gasteiger partial charge in [0.05, 0.1) is 17.4 Å². The van der Waals surface area contributed by atoms with Crippen LogP contribution >= 0.6 is 11.3 Å². The molecule has 0 aromatic carbocycles. The van der Waals surface area contributed by atoms with Gasteiger partial charge in [-0.15, -0.1) is 11.3 Å². The minimum absolute atomic E-state index is 0.351. The molecule has 0 bridgehead atoms. The van der Waals surface area contributed by atoms with E-state index in [1.807, 2.05) is 11.3 Å². The SMILES string of the molecule is CCNC(Cc1ccc(CC)s1)c1cc(C)nn1CC. The number of aromatic nitrogens is 2. The maximum atomic E-state index is 4.58. The molecular weight excluding hydrogens is 266 g/mol. The fourth-order valence-electron chi connectivity index (χ4n) is 2.55. The highest BCUT2D eigenvalue weighted by Crippen LogP contribution is 2.25. The molecule has 110 valence electrons. The first kappa shape index (κ1) is 15.3. The molecular formula is C16H25N3S. The lowest BCUT2D eigenvalue weighted by Gasteiger charge is -2.18. The topological polar surface area (TPSA) is 29.9 Å². The van der Waals surface area contributed by atoms with Crippen LogP contribution in [0, 0.1) is 6.92 Å². The summed E-state index contributed by atoms with van der Waals surface area (Å²) in [6.45, 7) is 10.5. The molecule has 2 aromatic rings. The van der Waals surface area contributed by atoms with E-state index in [-0.39, 0.29) is 0 Å². The molecule has 4 heteroatoms. The Kier molecular flexibility index (Phi) is 5.38. The van der Waals surface area contributed by atoms with Crippen molar-refractivity contribution in [3.05, 3.63) is 39.3 Å². The van der Waals surface area contributed by atoms with Crippen LogP contribution in [0.3, 0.4) is 0 Å². The number of nitrogens with one attached hydrogen (secondary N) is 1. The highest BCUT2D eigenvalue weighted by atomic mass is 32.1. The zero-order valence-corrected chi connectivity index (χ0v) is 13.8. The van der Waals surface area contributed by atoms with Crippen molar-refractivity contribution < 1.29 is 0 Å². The minimum Gasteiger partial charge on any atom is -0.309 e. The van der Waals surface area contributed by atoms with Crippen molar-refractivity contribution in [1.29, 1.82) is 0 Å². The van der Waals surface area contributed by atoms with E-state index in [0.29, 0.717) is 6.04 Å². The lowest BCUT2D eigenvalue weighted by atomic mass is 10.1. The summed E-state index contributed by atoms with van der Waals surface area (Å²) >= 11 is 1.93. The van der Waals surface area contributed by atoms with Gasteiger partial charge in [-0.3, -0.25) is 4.68 Å². The summed E-state index contributed by atoms with van der Waals surface area (Å²) in [5, 5.41) is 8.18. The van der Waals surface area contributed by atoms with Crippen molar-refractivity contribution in [2.45, 2.75) is 53.1 Å². The second-order valence-electron chi connectivity index (χ2n) is 5.06. The molecule has 2 rings (SSSR count). The lowest BCUT2D eigenvalue weighted by Crippen LogP contribution is -2.25. The molecule has 2 heterocycles. The smallest absolute Gasteiger partial charge is 0.0597 e. The fourth-order valence-corrected chi connectivity index (χ4v) is 3.55. The van der Waals surface area contributed by atoms with E-state index >= 15 is 0 Å². The zero-order valence-electron chi connectivity index (χ0n) is 12.9. The quantitative estimate of drug-likeness (QED) is 0.842. The fraction of sp³-hybridized carbons (Fsp3) is 0.562. The predicted molar refractivity (Wildman–Crippen MR) is 86.5 cm³/mol. The molecule has 0 aliphatic rings. The Labute approximate surface area is 126 Å². The van der Waals surface area contributed by atoms with Crippen LogP contribution < -0.4 is 5.32 Å². The Morgan fingerprint density at radius 1 is 1.25 bits per heavy atom. The molecule has 1 atom stereocenters. The van der Waals surface area contributed by atoms with E-state index in [9.17, 15) is 0 Å². The van der Waals surface area contributed by atoms with Crippen LogP contribution in [0.2, 0.25) is 0 Å². The average Bonchev–Trinajstić information content (AvgIpc) is 3.04. The Morgan fingerprint density at radius 2 is 2.00 bits per heavy atom. The summed E-state index contributed by atoms with van der Waals surface area (Å²) in [6, 6.07) is 7.09. The van der Waals surface area contributed by atoms with Gasteiger partial charge in [-0.05, 0) is 45.0 Å². The van der Waals surface area contributed by atoms with Gasteiger partial charge in [0.15, 0.2) is 0 Å². The van der Waals surface area contributed by atoms with E-state index in [4.69, 9.17) is 0 Å². The predicted octanol–water partition coefficient (Wildman–Crippen LogP) is 3.73. The van der Waals surface area contributed by atoms with Crippen LogP contribution in [0.15, 0.2) is 18.2 Å². The van der Waals surface area contributed by atoms with Crippen molar-refractivity contribution in [2.75, 3.05) is 6.54 Å². The Hall–Kier alpha value is -1.13. The third-order valence-electron chi connectivity index (χ3n) is 3.51. The van der Waals surface area contributed by atoms with E-state index in [0.717, 1.165) is 31.6 Å². The number of hydrogen-bond acceptors (Lipinski definition) is 3. The number of aryl methyl sites for hydroxylation is 3. The second-order valence-corrected chi connectivity index (χ2v) is 6.32. The normalized spacial score (nSPS) is 12.8. The third kappa shape index (κ3) is 3.49. The first-order valence-corrected chi connectivity index (χ1v) is 8.34. The van der Waals surface area contributed by atoms with Crippen LogP contribution in [0.4, 0.5) is 0 Å². The number of nitrogens with zero attached hydrogens (tertiary/aromatic N) is 2. The molecule has 0 radical (unpaired) electrons. The molecule has 0 saturated heterocycles. The number of thiophene rings is 1. The Balaban J connectivity index is 2.21. The molecule has 1 N–H and O–H groups in total. The van der Waals surface area contributed by atoms with Crippen molar-refractivity contribution in [3.8, 4) is 0 Å². The summed E-state index contributed by atoms with van der Waals surface area (Å²) in [7, 11) is 0.